The number of benzene rings is 2. The molecular formula is C15H11N3OS. The van der Waals surface area contributed by atoms with Crippen molar-refractivity contribution in [1.82, 2.24) is 16.2 Å². The first-order valence-corrected chi connectivity index (χ1v) is 6.72. The van der Waals surface area contributed by atoms with Gasteiger partial charge in [-0.25, -0.2) is 5.43 Å². The second-order valence-corrected chi connectivity index (χ2v) is 5.28. The third-order valence-corrected chi connectivity index (χ3v) is 4.09. The van der Waals surface area contributed by atoms with E-state index in [4.69, 9.17) is 12.2 Å². The van der Waals surface area contributed by atoms with Crippen LogP contribution in [0.15, 0.2) is 48.5 Å². The average molecular weight is 281 g/mol. The van der Waals surface area contributed by atoms with Crippen LogP contribution in [0, 0.1) is 0 Å². The number of hydrazine groups is 1. The van der Waals surface area contributed by atoms with Crippen LogP contribution in [0.2, 0.25) is 0 Å². The molecule has 1 heterocycles. The second kappa shape index (κ2) is 3.88. The lowest BCUT2D eigenvalue weighted by Crippen LogP contribution is -2.68. The summed E-state index contributed by atoms with van der Waals surface area (Å²) >= 11 is 4.99. The summed E-state index contributed by atoms with van der Waals surface area (Å²) < 4.78 is 0. The van der Waals surface area contributed by atoms with Gasteiger partial charge in [-0.15, -0.1) is 0 Å². The zero-order valence-electron chi connectivity index (χ0n) is 10.4. The highest BCUT2D eigenvalue weighted by Crippen LogP contribution is 2.47. The molecule has 0 bridgehead atoms. The molecule has 0 atom stereocenters. The molecule has 0 saturated carbocycles. The smallest absolute Gasteiger partial charge is 0.257 e. The molecule has 4 rings (SSSR count). The molecule has 0 aromatic heterocycles. The maximum Gasteiger partial charge on any atom is 0.257 e. The molecule has 1 spiro atoms. The molecule has 1 aliphatic heterocycles. The van der Waals surface area contributed by atoms with E-state index in [9.17, 15) is 4.79 Å². The third-order valence-electron chi connectivity index (χ3n) is 3.88. The molecule has 0 radical (unpaired) electrons. The summed E-state index contributed by atoms with van der Waals surface area (Å²) in [4.78, 5) is 12.7. The summed E-state index contributed by atoms with van der Waals surface area (Å²) in [6, 6.07) is 15.8. The minimum absolute atomic E-state index is 0.154. The van der Waals surface area contributed by atoms with Crippen molar-refractivity contribution in [3.05, 3.63) is 59.7 Å². The van der Waals surface area contributed by atoms with Crippen LogP contribution in [0.1, 0.15) is 11.1 Å². The van der Waals surface area contributed by atoms with E-state index in [1.165, 1.54) is 0 Å². The fourth-order valence-electron chi connectivity index (χ4n) is 3.05. The Balaban J connectivity index is 2.05. The monoisotopic (exact) mass is 281 g/mol. The Morgan fingerprint density at radius 3 is 2.00 bits per heavy atom. The van der Waals surface area contributed by atoms with Gasteiger partial charge in [0.25, 0.3) is 5.91 Å². The van der Waals surface area contributed by atoms with Gasteiger partial charge in [0.1, 0.15) is 0 Å². The largest absolute Gasteiger partial charge is 0.300 e. The van der Waals surface area contributed by atoms with Crippen molar-refractivity contribution in [2.24, 2.45) is 0 Å². The summed E-state index contributed by atoms with van der Waals surface area (Å²) in [7, 11) is 0. The van der Waals surface area contributed by atoms with Crippen LogP contribution in [-0.2, 0) is 10.3 Å². The van der Waals surface area contributed by atoms with Crippen LogP contribution in [0.3, 0.4) is 0 Å². The first kappa shape index (κ1) is 11.6. The molecule has 2 aliphatic rings. The number of nitrogens with one attached hydrogen (secondary N) is 3. The molecule has 1 saturated heterocycles. The van der Waals surface area contributed by atoms with Crippen molar-refractivity contribution < 1.29 is 4.79 Å². The van der Waals surface area contributed by atoms with Gasteiger partial charge in [0, 0.05) is 0 Å². The van der Waals surface area contributed by atoms with Gasteiger partial charge in [-0.1, -0.05) is 48.5 Å². The number of rotatable bonds is 0. The Bertz CT molecular complexity index is 711. The van der Waals surface area contributed by atoms with E-state index >= 15 is 0 Å². The van der Waals surface area contributed by atoms with Gasteiger partial charge in [0.2, 0.25) is 0 Å². The number of fused-ring (bicyclic) bond motifs is 5. The molecule has 98 valence electrons. The fourth-order valence-corrected chi connectivity index (χ4v) is 3.19. The quantitative estimate of drug-likeness (QED) is 0.639. The van der Waals surface area contributed by atoms with Crippen molar-refractivity contribution in [2.45, 2.75) is 5.54 Å². The van der Waals surface area contributed by atoms with Crippen LogP contribution in [0.25, 0.3) is 11.1 Å². The van der Waals surface area contributed by atoms with E-state index in [2.05, 4.69) is 16.2 Å². The van der Waals surface area contributed by atoms with Gasteiger partial charge in [0.05, 0.1) is 0 Å². The molecule has 1 aliphatic carbocycles. The van der Waals surface area contributed by atoms with E-state index in [0.717, 1.165) is 22.3 Å². The molecule has 1 fully saturated rings. The molecule has 2 aromatic carbocycles. The van der Waals surface area contributed by atoms with Crippen LogP contribution in [0.5, 0.6) is 0 Å². The molecule has 5 heteroatoms. The number of carbonyl (C=O) groups excluding carboxylic acids is 1. The molecule has 1 amide bonds. The van der Waals surface area contributed by atoms with Crippen molar-refractivity contribution in [2.75, 3.05) is 0 Å². The number of thiocarbonyl (C=S) groups is 1. The van der Waals surface area contributed by atoms with Crippen molar-refractivity contribution in [3.8, 4) is 11.1 Å². The molecule has 20 heavy (non-hydrogen) atoms. The number of amides is 1. The molecule has 0 unspecified atom stereocenters. The van der Waals surface area contributed by atoms with Crippen LogP contribution in [0.4, 0.5) is 0 Å². The lowest BCUT2D eigenvalue weighted by Gasteiger charge is -2.36. The molecule has 2 aromatic rings. The minimum Gasteiger partial charge on any atom is -0.300 e. The highest BCUT2D eigenvalue weighted by Gasteiger charge is 2.51. The maximum absolute atomic E-state index is 12.7. The highest BCUT2D eigenvalue weighted by atomic mass is 32.1. The summed E-state index contributed by atoms with van der Waals surface area (Å²) in [6.07, 6.45) is 0. The van der Waals surface area contributed by atoms with E-state index in [0.29, 0.717) is 5.11 Å². The number of carbonyl (C=O) groups is 1. The zero-order chi connectivity index (χ0) is 13.7. The standard InChI is InChI=1S/C15H11N3OS/c19-13-15(18-17-14(20)16-13)11-7-3-1-5-9(11)10-6-2-4-8-12(10)15/h1-8,18H,(H2,16,17,19,20). The van der Waals surface area contributed by atoms with Crippen molar-refractivity contribution >= 4 is 23.2 Å². The minimum atomic E-state index is -0.921. The molecule has 3 N–H and O–H groups in total. The maximum atomic E-state index is 12.7. The predicted octanol–water partition coefficient (Wildman–Crippen LogP) is 1.42. The third kappa shape index (κ3) is 1.28. The van der Waals surface area contributed by atoms with E-state index in [1.54, 1.807) is 0 Å². The van der Waals surface area contributed by atoms with E-state index in [-0.39, 0.29) is 5.91 Å². The molecule has 4 nitrogen and oxygen atoms in total. The van der Waals surface area contributed by atoms with Gasteiger partial charge in [-0.05, 0) is 34.5 Å². The van der Waals surface area contributed by atoms with Crippen molar-refractivity contribution in [3.63, 3.8) is 0 Å². The predicted molar refractivity (Wildman–Crippen MR) is 79.7 cm³/mol. The van der Waals surface area contributed by atoms with Gasteiger partial charge in [-0.2, -0.15) is 0 Å². The normalized spacial score (nSPS) is 18.2. The average Bonchev–Trinajstić information content (AvgIpc) is 2.76. The van der Waals surface area contributed by atoms with Crippen LogP contribution in [-0.4, -0.2) is 11.0 Å². The first-order valence-electron chi connectivity index (χ1n) is 6.31. The molecular weight excluding hydrogens is 270 g/mol. The van der Waals surface area contributed by atoms with Gasteiger partial charge >= 0.3 is 0 Å². The summed E-state index contributed by atoms with van der Waals surface area (Å²) in [5, 5.41) is 3.01. The van der Waals surface area contributed by atoms with E-state index < -0.39 is 5.54 Å². The van der Waals surface area contributed by atoms with Crippen LogP contribution >= 0.6 is 12.2 Å². The lowest BCUT2D eigenvalue weighted by atomic mass is 9.86. The Morgan fingerprint density at radius 1 is 0.900 bits per heavy atom. The Kier molecular flexibility index (Phi) is 2.24. The SMILES string of the molecule is O=C1NC(=S)NNC12c1ccccc1-c1ccccc12. The highest BCUT2D eigenvalue weighted by molar-refractivity contribution is 7.80. The second-order valence-electron chi connectivity index (χ2n) is 4.87. The van der Waals surface area contributed by atoms with Crippen LogP contribution < -0.4 is 16.2 Å². The van der Waals surface area contributed by atoms with Gasteiger partial charge < -0.3 is 0 Å². The number of hydrogen-bond donors (Lipinski definition) is 3. The van der Waals surface area contributed by atoms with E-state index in [1.807, 2.05) is 48.5 Å². The first-order chi connectivity index (χ1) is 9.73. The summed E-state index contributed by atoms with van der Waals surface area (Å²) in [6.45, 7) is 0. The Morgan fingerprint density at radius 2 is 1.45 bits per heavy atom. The summed E-state index contributed by atoms with van der Waals surface area (Å²) in [5.41, 5.74) is 9.08. The number of hydrogen-bond acceptors (Lipinski definition) is 3. The Labute approximate surface area is 121 Å². The lowest BCUT2D eigenvalue weighted by molar-refractivity contribution is -0.126. The van der Waals surface area contributed by atoms with Gasteiger partial charge in [-0.3, -0.25) is 15.5 Å². The Hall–Kier alpha value is -2.24. The fraction of sp³-hybridized carbons (Fsp3) is 0.0667. The topological polar surface area (TPSA) is 53.2 Å². The van der Waals surface area contributed by atoms with Gasteiger partial charge in [0.15, 0.2) is 10.7 Å². The zero-order valence-corrected chi connectivity index (χ0v) is 11.3. The summed E-state index contributed by atoms with van der Waals surface area (Å²) in [5.74, 6) is -0.154. The van der Waals surface area contributed by atoms with Crippen molar-refractivity contribution in [1.29, 1.82) is 0 Å².